The van der Waals surface area contributed by atoms with E-state index in [0.717, 1.165) is 22.4 Å². The van der Waals surface area contributed by atoms with Gasteiger partial charge in [0.15, 0.2) is 0 Å². The van der Waals surface area contributed by atoms with Gasteiger partial charge < -0.3 is 18.9 Å². The number of methoxy groups -OCH3 is 1. The standard InChI is InChI=1S/C23H26N2O3/c1-24-16-20(17-7-3-5-9-21(17)24)19(18-8-4-6-10-22(18)27-2)15-23(26)25-11-13-28-14-12-25/h3-10,16,19H,11-15H2,1-2H3. The van der Waals surface area contributed by atoms with Crippen molar-refractivity contribution in [2.75, 3.05) is 33.4 Å². The van der Waals surface area contributed by atoms with Gasteiger partial charge in [-0.3, -0.25) is 4.79 Å². The second kappa shape index (κ2) is 8.07. The van der Waals surface area contributed by atoms with E-state index in [1.165, 1.54) is 5.39 Å². The lowest BCUT2D eigenvalue weighted by atomic mass is 9.87. The largest absolute Gasteiger partial charge is 0.496 e. The van der Waals surface area contributed by atoms with Crippen LogP contribution in [0.1, 0.15) is 23.5 Å². The number of hydrogen-bond donors (Lipinski definition) is 0. The molecule has 0 spiro atoms. The molecule has 4 rings (SSSR count). The topological polar surface area (TPSA) is 43.7 Å². The Balaban J connectivity index is 1.78. The molecule has 0 radical (unpaired) electrons. The van der Waals surface area contributed by atoms with Crippen LogP contribution in [0.25, 0.3) is 10.9 Å². The summed E-state index contributed by atoms with van der Waals surface area (Å²) in [5, 5.41) is 1.18. The van der Waals surface area contributed by atoms with Gasteiger partial charge in [-0.1, -0.05) is 36.4 Å². The van der Waals surface area contributed by atoms with Gasteiger partial charge in [-0.15, -0.1) is 0 Å². The molecule has 2 aromatic carbocycles. The van der Waals surface area contributed by atoms with Crippen LogP contribution in [0.3, 0.4) is 0 Å². The molecule has 1 saturated heterocycles. The minimum atomic E-state index is -0.0717. The maximum atomic E-state index is 13.1. The van der Waals surface area contributed by atoms with Gasteiger partial charge in [0.25, 0.3) is 0 Å². The van der Waals surface area contributed by atoms with Crippen molar-refractivity contribution in [2.24, 2.45) is 7.05 Å². The van der Waals surface area contributed by atoms with Gasteiger partial charge in [-0.05, 0) is 17.7 Å². The van der Waals surface area contributed by atoms with Crippen molar-refractivity contribution in [1.82, 2.24) is 9.47 Å². The maximum Gasteiger partial charge on any atom is 0.223 e. The molecule has 0 aliphatic carbocycles. The molecule has 2 heterocycles. The lowest BCUT2D eigenvalue weighted by Crippen LogP contribution is -2.41. The fraction of sp³-hybridized carbons (Fsp3) is 0.348. The molecule has 1 atom stereocenters. The van der Waals surface area contributed by atoms with Crippen LogP contribution in [0.2, 0.25) is 0 Å². The second-order valence-electron chi connectivity index (χ2n) is 7.20. The predicted molar refractivity (Wildman–Crippen MR) is 110 cm³/mol. The number of para-hydroxylation sites is 2. The van der Waals surface area contributed by atoms with Crippen molar-refractivity contribution in [2.45, 2.75) is 12.3 Å². The predicted octanol–water partition coefficient (Wildman–Crippen LogP) is 3.57. The summed E-state index contributed by atoms with van der Waals surface area (Å²) in [6, 6.07) is 16.3. The number of aromatic nitrogens is 1. The summed E-state index contributed by atoms with van der Waals surface area (Å²) in [4.78, 5) is 15.0. The van der Waals surface area contributed by atoms with Crippen LogP contribution < -0.4 is 4.74 Å². The average Bonchev–Trinajstić information content (AvgIpc) is 3.09. The van der Waals surface area contributed by atoms with E-state index in [4.69, 9.17) is 9.47 Å². The molecular formula is C23H26N2O3. The second-order valence-corrected chi connectivity index (χ2v) is 7.20. The van der Waals surface area contributed by atoms with E-state index in [9.17, 15) is 4.79 Å². The van der Waals surface area contributed by atoms with Gasteiger partial charge in [0, 0.05) is 55.1 Å². The molecule has 0 saturated carbocycles. The molecule has 1 aromatic heterocycles. The zero-order chi connectivity index (χ0) is 19.5. The van der Waals surface area contributed by atoms with Crippen molar-refractivity contribution in [3.05, 3.63) is 65.9 Å². The number of hydrogen-bond acceptors (Lipinski definition) is 3. The van der Waals surface area contributed by atoms with Crippen LogP contribution in [-0.2, 0) is 16.6 Å². The van der Waals surface area contributed by atoms with Crippen molar-refractivity contribution < 1.29 is 14.3 Å². The first kappa shape index (κ1) is 18.6. The van der Waals surface area contributed by atoms with Crippen LogP contribution >= 0.6 is 0 Å². The Morgan fingerprint density at radius 2 is 1.79 bits per heavy atom. The van der Waals surface area contributed by atoms with E-state index in [1.54, 1.807) is 7.11 Å². The van der Waals surface area contributed by atoms with Gasteiger partial charge in [0.1, 0.15) is 5.75 Å². The number of carbonyl (C=O) groups is 1. The van der Waals surface area contributed by atoms with Crippen LogP contribution in [0.5, 0.6) is 5.75 Å². The minimum absolute atomic E-state index is 0.0717. The van der Waals surface area contributed by atoms with E-state index < -0.39 is 0 Å². The van der Waals surface area contributed by atoms with Crippen molar-refractivity contribution in [3.8, 4) is 5.75 Å². The summed E-state index contributed by atoms with van der Waals surface area (Å²) in [5.74, 6) is 0.903. The van der Waals surface area contributed by atoms with Crippen LogP contribution in [0, 0.1) is 0 Å². The van der Waals surface area contributed by atoms with E-state index in [1.807, 2.05) is 29.2 Å². The Labute approximate surface area is 165 Å². The fourth-order valence-corrected chi connectivity index (χ4v) is 4.11. The lowest BCUT2D eigenvalue weighted by Gasteiger charge is -2.29. The van der Waals surface area contributed by atoms with Gasteiger partial charge >= 0.3 is 0 Å². The average molecular weight is 378 g/mol. The van der Waals surface area contributed by atoms with Gasteiger partial charge in [-0.25, -0.2) is 0 Å². The molecular weight excluding hydrogens is 352 g/mol. The highest BCUT2D eigenvalue weighted by molar-refractivity contribution is 5.87. The van der Waals surface area contributed by atoms with Gasteiger partial charge in [0.05, 0.1) is 20.3 Å². The molecule has 1 unspecified atom stereocenters. The third kappa shape index (κ3) is 3.50. The number of carbonyl (C=O) groups excluding carboxylic acids is 1. The number of nitrogens with zero attached hydrogens (tertiary/aromatic N) is 2. The molecule has 0 N–H and O–H groups in total. The molecule has 1 aliphatic rings. The monoisotopic (exact) mass is 378 g/mol. The molecule has 1 amide bonds. The number of amides is 1. The number of aryl methyl sites for hydroxylation is 1. The highest BCUT2D eigenvalue weighted by atomic mass is 16.5. The Kier molecular flexibility index (Phi) is 5.35. The van der Waals surface area contributed by atoms with Crippen LogP contribution in [-0.4, -0.2) is 48.8 Å². The quantitative estimate of drug-likeness (QED) is 0.682. The Bertz CT molecular complexity index is 973. The number of ether oxygens (including phenoxy) is 2. The van der Waals surface area contributed by atoms with Gasteiger partial charge in [0.2, 0.25) is 5.91 Å². The zero-order valence-corrected chi connectivity index (χ0v) is 16.4. The summed E-state index contributed by atoms with van der Waals surface area (Å²) in [7, 11) is 3.73. The lowest BCUT2D eigenvalue weighted by molar-refractivity contribution is -0.135. The maximum absolute atomic E-state index is 13.1. The smallest absolute Gasteiger partial charge is 0.223 e. The summed E-state index contributed by atoms with van der Waals surface area (Å²) in [6.07, 6.45) is 2.56. The number of fused-ring (bicyclic) bond motifs is 1. The summed E-state index contributed by atoms with van der Waals surface area (Å²) in [5.41, 5.74) is 3.36. The Morgan fingerprint density at radius 3 is 2.57 bits per heavy atom. The molecule has 5 heteroatoms. The Morgan fingerprint density at radius 1 is 1.07 bits per heavy atom. The number of benzene rings is 2. The van der Waals surface area contributed by atoms with Crippen LogP contribution in [0.15, 0.2) is 54.7 Å². The number of morpholine rings is 1. The SMILES string of the molecule is COc1ccccc1C(CC(=O)N1CCOCC1)c1cn(C)c2ccccc12. The molecule has 1 fully saturated rings. The first-order valence-corrected chi connectivity index (χ1v) is 9.71. The molecule has 1 aliphatic heterocycles. The summed E-state index contributed by atoms with van der Waals surface area (Å²) < 4.78 is 13.2. The highest BCUT2D eigenvalue weighted by Crippen LogP contribution is 2.38. The van der Waals surface area contributed by atoms with Crippen molar-refractivity contribution in [1.29, 1.82) is 0 Å². The van der Waals surface area contributed by atoms with E-state index >= 15 is 0 Å². The normalized spacial score (nSPS) is 15.6. The molecule has 3 aromatic rings. The number of rotatable bonds is 5. The molecule has 5 nitrogen and oxygen atoms in total. The molecule has 146 valence electrons. The summed E-state index contributed by atoms with van der Waals surface area (Å²) in [6.45, 7) is 2.54. The third-order valence-corrected chi connectivity index (χ3v) is 5.56. The third-order valence-electron chi connectivity index (χ3n) is 5.56. The van der Waals surface area contributed by atoms with E-state index in [0.29, 0.717) is 32.7 Å². The molecule has 0 bridgehead atoms. The zero-order valence-electron chi connectivity index (χ0n) is 16.4. The Hall–Kier alpha value is -2.79. The first-order valence-electron chi connectivity index (χ1n) is 9.71. The highest BCUT2D eigenvalue weighted by Gasteiger charge is 2.27. The summed E-state index contributed by atoms with van der Waals surface area (Å²) >= 11 is 0. The van der Waals surface area contributed by atoms with E-state index in [2.05, 4.69) is 42.1 Å². The minimum Gasteiger partial charge on any atom is -0.496 e. The fourth-order valence-electron chi connectivity index (χ4n) is 4.11. The first-order chi connectivity index (χ1) is 13.7. The van der Waals surface area contributed by atoms with Gasteiger partial charge in [-0.2, -0.15) is 0 Å². The van der Waals surface area contributed by atoms with Crippen molar-refractivity contribution in [3.63, 3.8) is 0 Å². The van der Waals surface area contributed by atoms with E-state index in [-0.39, 0.29) is 11.8 Å². The van der Waals surface area contributed by atoms with Crippen LogP contribution in [0.4, 0.5) is 0 Å². The molecule has 28 heavy (non-hydrogen) atoms. The van der Waals surface area contributed by atoms with Crippen molar-refractivity contribution >= 4 is 16.8 Å².